The van der Waals surface area contributed by atoms with Gasteiger partial charge in [0.05, 0.1) is 28.9 Å². The third kappa shape index (κ3) is 5.93. The number of nitrogens with zero attached hydrogens (tertiary/aromatic N) is 2. The fourth-order valence-corrected chi connectivity index (χ4v) is 6.81. The first-order chi connectivity index (χ1) is 16.8. The molecule has 0 radical (unpaired) electrons. The first-order valence-electron chi connectivity index (χ1n) is 10.7. The minimum Gasteiger partial charge on any atom is -0.496 e. The van der Waals surface area contributed by atoms with Crippen molar-refractivity contribution in [2.24, 2.45) is 5.73 Å². The third-order valence-corrected chi connectivity index (χ3v) is 9.40. The van der Waals surface area contributed by atoms with Gasteiger partial charge in [0.25, 0.3) is 0 Å². The lowest BCUT2D eigenvalue weighted by atomic mass is 10.1. The summed E-state index contributed by atoms with van der Waals surface area (Å²) in [7, 11) is -1.49. The molecule has 4 rings (SSSR count). The van der Waals surface area contributed by atoms with Crippen LogP contribution in [0.3, 0.4) is 0 Å². The van der Waals surface area contributed by atoms with E-state index in [2.05, 4.69) is 10.0 Å². The summed E-state index contributed by atoms with van der Waals surface area (Å²) in [5.41, 5.74) is 8.17. The van der Waals surface area contributed by atoms with Crippen LogP contribution in [0.2, 0.25) is 4.34 Å². The Morgan fingerprint density at radius 2 is 2.00 bits per heavy atom. The summed E-state index contributed by atoms with van der Waals surface area (Å²) in [6.07, 6.45) is 0.292. The number of halogens is 1. The number of fused-ring (bicyclic) bond motifs is 1. The highest BCUT2D eigenvalue weighted by atomic mass is 35.5. The lowest BCUT2D eigenvalue weighted by Crippen LogP contribution is -2.25. The zero-order valence-electron chi connectivity index (χ0n) is 18.8. The lowest BCUT2D eigenvalue weighted by molar-refractivity contribution is -0.121. The number of thiophene rings is 1. The van der Waals surface area contributed by atoms with Crippen molar-refractivity contribution < 1.29 is 13.7 Å². The number of hydrogen-bond acceptors (Lipinski definition) is 7. The number of nitrogens with two attached hydrogens (primary N) is 1. The molecule has 4 aromatic rings. The molecule has 0 fully saturated rings. The molecule has 2 heterocycles. The number of aromatic nitrogens is 2. The van der Waals surface area contributed by atoms with Gasteiger partial charge in [0.1, 0.15) is 9.96 Å². The molecule has 0 saturated heterocycles. The van der Waals surface area contributed by atoms with Crippen molar-refractivity contribution in [3.05, 3.63) is 70.1 Å². The van der Waals surface area contributed by atoms with E-state index < -0.39 is 8.68 Å². The standard InChI is InChI=1S/C23H24ClN5O3S3/c1-32-18-7-3-6-17-22(18)23(28-35(31,33)21-9-8-19(24)34-21)27-29(17)14-16-5-2-4-15(12-16)13-26-20(30)10-11-25/h2-9,12H,10-11,13-14,25H2,1H3,(H,26,30)(H,27,28). The van der Waals surface area contributed by atoms with Gasteiger partial charge in [-0.05, 0) is 35.4 Å². The lowest BCUT2D eigenvalue weighted by Gasteiger charge is -2.08. The quantitative estimate of drug-likeness (QED) is 0.276. The van der Waals surface area contributed by atoms with E-state index in [0.717, 1.165) is 16.6 Å². The van der Waals surface area contributed by atoms with Gasteiger partial charge < -0.3 is 15.8 Å². The van der Waals surface area contributed by atoms with Gasteiger partial charge in [-0.1, -0.05) is 41.9 Å². The van der Waals surface area contributed by atoms with Crippen LogP contribution in [0.1, 0.15) is 17.5 Å². The van der Waals surface area contributed by atoms with Crippen molar-refractivity contribution >= 4 is 65.4 Å². The maximum absolute atomic E-state index is 13.3. The first kappa shape index (κ1) is 25.4. The number of nitrogens with one attached hydrogen (secondary N) is 2. The first-order valence-corrected chi connectivity index (χ1v) is 14.3. The molecule has 0 aliphatic heterocycles. The minimum atomic E-state index is -3.06. The van der Waals surface area contributed by atoms with Crippen molar-refractivity contribution in [1.82, 2.24) is 15.1 Å². The Labute approximate surface area is 217 Å². The van der Waals surface area contributed by atoms with Crippen LogP contribution >= 0.6 is 22.9 Å². The highest BCUT2D eigenvalue weighted by Crippen LogP contribution is 2.35. The number of carbonyl (C=O) groups excluding carboxylic acids is 1. The van der Waals surface area contributed by atoms with E-state index in [0.29, 0.717) is 51.6 Å². The van der Waals surface area contributed by atoms with Crippen LogP contribution in [0.5, 0.6) is 5.75 Å². The summed E-state index contributed by atoms with van der Waals surface area (Å²) in [6, 6.07) is 16.8. The molecular formula is C23H24ClN5O3S3. The molecular weight excluding hydrogens is 526 g/mol. The molecule has 12 heteroatoms. The largest absolute Gasteiger partial charge is 0.496 e. The number of carbonyl (C=O) groups is 1. The molecule has 0 aliphatic rings. The van der Waals surface area contributed by atoms with E-state index in [-0.39, 0.29) is 5.91 Å². The molecule has 1 unspecified atom stereocenters. The second kappa shape index (κ2) is 10.9. The number of anilines is 1. The number of amides is 1. The maximum Gasteiger partial charge on any atom is 0.221 e. The van der Waals surface area contributed by atoms with Crippen molar-refractivity contribution in [2.75, 3.05) is 18.4 Å². The molecule has 2 aromatic carbocycles. The fourth-order valence-electron chi connectivity index (χ4n) is 3.61. The smallest absolute Gasteiger partial charge is 0.221 e. The summed E-state index contributed by atoms with van der Waals surface area (Å²) in [5.74, 6) is 0.868. The van der Waals surface area contributed by atoms with Crippen LogP contribution < -0.4 is 20.5 Å². The molecule has 35 heavy (non-hydrogen) atoms. The summed E-state index contributed by atoms with van der Waals surface area (Å²) in [4.78, 5) is 11.8. The minimum absolute atomic E-state index is 0.0849. The summed E-state index contributed by atoms with van der Waals surface area (Å²) in [6.45, 7) is 1.17. The molecule has 2 aromatic heterocycles. The van der Waals surface area contributed by atoms with Gasteiger partial charge in [-0.2, -0.15) is 5.10 Å². The van der Waals surface area contributed by atoms with Crippen LogP contribution in [0.25, 0.3) is 10.9 Å². The molecule has 8 nitrogen and oxygen atoms in total. The van der Waals surface area contributed by atoms with Gasteiger partial charge in [-0.15, -0.1) is 11.3 Å². The van der Waals surface area contributed by atoms with Crippen molar-refractivity contribution in [2.45, 2.75) is 23.7 Å². The van der Waals surface area contributed by atoms with Crippen molar-refractivity contribution in [3.63, 3.8) is 0 Å². The fraction of sp³-hybridized carbons (Fsp3) is 0.217. The van der Waals surface area contributed by atoms with Crippen molar-refractivity contribution in [1.29, 1.82) is 0 Å². The van der Waals surface area contributed by atoms with Gasteiger partial charge >= 0.3 is 0 Å². The number of benzene rings is 2. The summed E-state index contributed by atoms with van der Waals surface area (Å²) < 4.78 is 24.6. The molecule has 4 N–H and O–H groups in total. The number of rotatable bonds is 10. The summed E-state index contributed by atoms with van der Waals surface area (Å²) >= 11 is 12.6. The molecule has 0 aliphatic carbocycles. The topological polar surface area (TPSA) is 111 Å². The Morgan fingerprint density at radius 1 is 1.23 bits per heavy atom. The van der Waals surface area contributed by atoms with E-state index in [1.54, 1.807) is 23.9 Å². The van der Waals surface area contributed by atoms with E-state index >= 15 is 0 Å². The van der Waals surface area contributed by atoms with Crippen LogP contribution in [-0.4, -0.2) is 33.6 Å². The predicted molar refractivity (Wildman–Crippen MR) is 144 cm³/mol. The molecule has 0 saturated carbocycles. The SMILES string of the molecule is COc1cccc2c1c(NS(=O)(=S)c1ccc(Cl)s1)nn2Cc1cccc(CNC(=O)CCN)c1. The van der Waals surface area contributed by atoms with Crippen LogP contribution in [-0.2, 0) is 37.8 Å². The van der Waals surface area contributed by atoms with E-state index in [4.69, 9.17) is 38.4 Å². The summed E-state index contributed by atoms with van der Waals surface area (Å²) in [5, 5.41) is 8.25. The van der Waals surface area contributed by atoms with Crippen molar-refractivity contribution in [3.8, 4) is 5.75 Å². The zero-order valence-corrected chi connectivity index (χ0v) is 22.0. The molecule has 0 bridgehead atoms. The monoisotopic (exact) mass is 549 g/mol. The van der Waals surface area contributed by atoms with Gasteiger partial charge in [0.2, 0.25) is 5.91 Å². The average molecular weight is 550 g/mol. The Balaban J connectivity index is 1.65. The highest BCUT2D eigenvalue weighted by molar-refractivity contribution is 8.34. The average Bonchev–Trinajstić information content (AvgIpc) is 3.42. The Hall–Kier alpha value is -2.70. The third-order valence-electron chi connectivity index (χ3n) is 5.19. The van der Waals surface area contributed by atoms with Gasteiger partial charge in [0, 0.05) is 30.7 Å². The molecule has 1 amide bonds. The highest BCUT2D eigenvalue weighted by Gasteiger charge is 2.20. The number of ether oxygens (including phenoxy) is 1. The van der Waals surface area contributed by atoms with Crippen LogP contribution in [0, 0.1) is 0 Å². The van der Waals surface area contributed by atoms with Gasteiger partial charge in [-0.3, -0.25) is 14.2 Å². The Morgan fingerprint density at radius 3 is 2.71 bits per heavy atom. The predicted octanol–water partition coefficient (Wildman–Crippen LogP) is 3.91. The van der Waals surface area contributed by atoms with Gasteiger partial charge in [-0.25, -0.2) is 4.21 Å². The number of hydrogen-bond donors (Lipinski definition) is 3. The van der Waals surface area contributed by atoms with E-state index in [1.807, 2.05) is 42.5 Å². The Bertz CT molecular complexity index is 1470. The van der Waals surface area contributed by atoms with Crippen LogP contribution in [0.15, 0.2) is 58.8 Å². The van der Waals surface area contributed by atoms with Crippen LogP contribution in [0.4, 0.5) is 5.82 Å². The zero-order chi connectivity index (χ0) is 25.0. The number of methoxy groups -OCH3 is 1. The second-order valence-electron chi connectivity index (χ2n) is 7.66. The van der Waals surface area contributed by atoms with Gasteiger partial charge in [0.15, 0.2) is 14.5 Å². The molecule has 0 spiro atoms. The second-order valence-corrected chi connectivity index (χ2v) is 12.7. The van der Waals surface area contributed by atoms with E-state index in [9.17, 15) is 9.00 Å². The molecule has 1 atom stereocenters. The maximum atomic E-state index is 13.3. The molecule has 184 valence electrons. The normalized spacial score (nSPS) is 12.9. The van der Waals surface area contributed by atoms with E-state index in [1.165, 1.54) is 11.3 Å². The Kier molecular flexibility index (Phi) is 7.92.